The molecule has 37 heavy (non-hydrogen) atoms. The molecule has 1 unspecified atom stereocenters. The average Bonchev–Trinajstić information content (AvgIpc) is 2.88. The van der Waals surface area contributed by atoms with E-state index in [0.29, 0.717) is 22.3 Å². The molecule has 0 spiro atoms. The van der Waals surface area contributed by atoms with E-state index in [-0.39, 0.29) is 5.69 Å². The number of aryl methyl sites for hydroxylation is 2. The third-order valence-corrected chi connectivity index (χ3v) is 7.60. The van der Waals surface area contributed by atoms with Crippen molar-refractivity contribution >= 4 is 21.4 Å². The zero-order valence-corrected chi connectivity index (χ0v) is 20.8. The van der Waals surface area contributed by atoms with Crippen LogP contribution in [0.15, 0.2) is 95.9 Å². The molecule has 4 aromatic rings. The number of nitrogens with zero attached hydrogens (tertiary/aromatic N) is 2. The Bertz CT molecular complexity index is 1600. The molecule has 4 rings (SSSR count). The molecule has 10 heteroatoms. The first-order chi connectivity index (χ1) is 17.6. The lowest BCUT2D eigenvalue weighted by atomic mass is 9.87. The van der Waals surface area contributed by atoms with E-state index in [2.05, 4.69) is 4.72 Å². The number of nitrogens with one attached hydrogen (secondary N) is 1. The normalized spacial score (nSPS) is 12.2. The van der Waals surface area contributed by atoms with Crippen molar-refractivity contribution in [3.63, 3.8) is 0 Å². The maximum Gasteiger partial charge on any atom is 0.289 e. The summed E-state index contributed by atoms with van der Waals surface area (Å²) >= 11 is 0. The first kappa shape index (κ1) is 25.7. The van der Waals surface area contributed by atoms with Crippen LogP contribution in [0.5, 0.6) is 0 Å². The predicted molar refractivity (Wildman–Crippen MR) is 140 cm³/mol. The Hall–Kier alpha value is -4.41. The van der Waals surface area contributed by atoms with Crippen LogP contribution in [0.2, 0.25) is 0 Å². The number of benzene rings is 4. The first-order valence-electron chi connectivity index (χ1n) is 11.3. The molecule has 0 bridgehead atoms. The summed E-state index contributed by atoms with van der Waals surface area (Å²) in [4.78, 5) is 21.1. The summed E-state index contributed by atoms with van der Waals surface area (Å²) in [6.07, 6.45) is 0. The van der Waals surface area contributed by atoms with Crippen molar-refractivity contribution in [3.8, 4) is 11.1 Å². The standard InChI is InChI=1S/C27H23N3O6S/c1-18-8-3-4-10-22(18)27(28-37(35,36)25-13-6-5-12-24(25)30(33)34)26-19(2)9-7-11-23(26)20-14-16-21(17-15-20)29(31)32/h3-17,27-28H,1-2H3. The molecule has 0 aliphatic rings. The largest absolute Gasteiger partial charge is 0.289 e. The molecule has 0 saturated heterocycles. The average molecular weight is 518 g/mol. The van der Waals surface area contributed by atoms with E-state index in [1.807, 2.05) is 44.2 Å². The SMILES string of the molecule is Cc1ccccc1C(NS(=O)(=O)c1ccccc1[N+](=O)[O-])c1c(C)cccc1-c1ccc([N+](=O)[O-])cc1. The van der Waals surface area contributed by atoms with Gasteiger partial charge in [-0.1, -0.05) is 54.6 Å². The van der Waals surface area contributed by atoms with Gasteiger partial charge in [0, 0.05) is 18.2 Å². The molecule has 1 N–H and O–H groups in total. The summed E-state index contributed by atoms with van der Waals surface area (Å²) in [6, 6.07) is 23.0. The monoisotopic (exact) mass is 517 g/mol. The van der Waals surface area contributed by atoms with E-state index in [1.54, 1.807) is 24.3 Å². The van der Waals surface area contributed by atoms with Crippen molar-refractivity contribution in [2.75, 3.05) is 0 Å². The van der Waals surface area contributed by atoms with Gasteiger partial charge in [-0.3, -0.25) is 20.2 Å². The fourth-order valence-electron chi connectivity index (χ4n) is 4.32. The molecule has 0 amide bonds. The van der Waals surface area contributed by atoms with E-state index in [0.717, 1.165) is 17.2 Å². The highest BCUT2D eigenvalue weighted by atomic mass is 32.2. The smallest absolute Gasteiger partial charge is 0.258 e. The predicted octanol–water partition coefficient (Wildman–Crippen LogP) is 5.85. The third kappa shape index (κ3) is 5.25. The number of nitro benzene ring substituents is 2. The highest BCUT2D eigenvalue weighted by Gasteiger charge is 2.31. The molecule has 0 radical (unpaired) electrons. The van der Waals surface area contributed by atoms with Gasteiger partial charge in [0.15, 0.2) is 4.90 Å². The maximum atomic E-state index is 13.6. The number of nitro groups is 2. The van der Waals surface area contributed by atoms with Gasteiger partial charge in [-0.25, -0.2) is 8.42 Å². The van der Waals surface area contributed by atoms with E-state index in [1.165, 1.54) is 30.3 Å². The van der Waals surface area contributed by atoms with E-state index in [9.17, 15) is 28.6 Å². The van der Waals surface area contributed by atoms with Gasteiger partial charge in [-0.05, 0) is 65.4 Å². The second-order valence-corrected chi connectivity index (χ2v) is 10.2. The molecule has 0 aliphatic carbocycles. The van der Waals surface area contributed by atoms with Crippen LogP contribution in [0.1, 0.15) is 28.3 Å². The minimum atomic E-state index is -4.36. The van der Waals surface area contributed by atoms with Gasteiger partial charge >= 0.3 is 0 Å². The van der Waals surface area contributed by atoms with Gasteiger partial charge in [0.2, 0.25) is 10.0 Å². The Balaban J connectivity index is 1.93. The molecule has 0 aromatic heterocycles. The fourth-order valence-corrected chi connectivity index (χ4v) is 5.68. The van der Waals surface area contributed by atoms with Gasteiger partial charge in [-0.15, -0.1) is 0 Å². The van der Waals surface area contributed by atoms with Crippen LogP contribution in [0.3, 0.4) is 0 Å². The first-order valence-corrected chi connectivity index (χ1v) is 12.7. The Kier molecular flexibility index (Phi) is 7.14. The zero-order valence-electron chi connectivity index (χ0n) is 20.0. The molecule has 4 aromatic carbocycles. The lowest BCUT2D eigenvalue weighted by molar-refractivity contribution is -0.387. The van der Waals surface area contributed by atoms with E-state index in [4.69, 9.17) is 0 Å². The number of hydrogen-bond donors (Lipinski definition) is 1. The van der Waals surface area contributed by atoms with Crippen LogP contribution in [0.25, 0.3) is 11.1 Å². The number of para-hydroxylation sites is 1. The second kappa shape index (κ2) is 10.3. The van der Waals surface area contributed by atoms with Gasteiger partial charge < -0.3 is 0 Å². The Labute approximate surface area is 213 Å². The number of sulfonamides is 1. The van der Waals surface area contributed by atoms with Crippen LogP contribution in [0, 0.1) is 34.1 Å². The summed E-state index contributed by atoms with van der Waals surface area (Å²) in [5.74, 6) is 0. The van der Waals surface area contributed by atoms with Crippen molar-refractivity contribution in [3.05, 3.63) is 133 Å². The Morgan fingerprint density at radius 1 is 0.730 bits per heavy atom. The number of hydrogen-bond acceptors (Lipinski definition) is 6. The molecule has 0 aliphatic heterocycles. The summed E-state index contributed by atoms with van der Waals surface area (Å²) < 4.78 is 29.9. The Morgan fingerprint density at radius 3 is 2.00 bits per heavy atom. The van der Waals surface area contributed by atoms with Crippen molar-refractivity contribution < 1.29 is 18.3 Å². The van der Waals surface area contributed by atoms with Crippen molar-refractivity contribution in [2.45, 2.75) is 24.8 Å². The van der Waals surface area contributed by atoms with Crippen LogP contribution in [-0.4, -0.2) is 18.3 Å². The summed E-state index contributed by atoms with van der Waals surface area (Å²) in [5.41, 5.74) is 3.63. The minimum Gasteiger partial charge on any atom is -0.258 e. The van der Waals surface area contributed by atoms with Crippen molar-refractivity contribution in [1.29, 1.82) is 0 Å². The molecule has 0 heterocycles. The van der Waals surface area contributed by atoms with Gasteiger partial charge in [0.05, 0.1) is 15.9 Å². The van der Waals surface area contributed by atoms with Crippen molar-refractivity contribution in [1.82, 2.24) is 4.72 Å². The fraction of sp³-hybridized carbons (Fsp3) is 0.111. The van der Waals surface area contributed by atoms with Crippen LogP contribution >= 0.6 is 0 Å². The Morgan fingerprint density at radius 2 is 1.35 bits per heavy atom. The molecule has 0 fully saturated rings. The van der Waals surface area contributed by atoms with Gasteiger partial charge in [-0.2, -0.15) is 4.72 Å². The summed E-state index contributed by atoms with van der Waals surface area (Å²) in [7, 11) is -4.36. The van der Waals surface area contributed by atoms with E-state index >= 15 is 0 Å². The van der Waals surface area contributed by atoms with Crippen molar-refractivity contribution in [2.24, 2.45) is 0 Å². The third-order valence-electron chi connectivity index (χ3n) is 6.13. The highest BCUT2D eigenvalue weighted by Crippen LogP contribution is 2.37. The van der Waals surface area contributed by atoms with Gasteiger partial charge in [0.1, 0.15) is 0 Å². The molecular formula is C27H23N3O6S. The number of rotatable bonds is 8. The molecular weight excluding hydrogens is 494 g/mol. The lowest BCUT2D eigenvalue weighted by Crippen LogP contribution is -2.31. The van der Waals surface area contributed by atoms with Crippen LogP contribution < -0.4 is 4.72 Å². The lowest BCUT2D eigenvalue weighted by Gasteiger charge is -2.26. The molecule has 188 valence electrons. The maximum absolute atomic E-state index is 13.6. The van der Waals surface area contributed by atoms with Crippen LogP contribution in [-0.2, 0) is 10.0 Å². The molecule has 1 atom stereocenters. The summed E-state index contributed by atoms with van der Waals surface area (Å²) in [6.45, 7) is 3.69. The molecule has 0 saturated carbocycles. The topological polar surface area (TPSA) is 132 Å². The summed E-state index contributed by atoms with van der Waals surface area (Å²) in [5, 5.41) is 22.7. The van der Waals surface area contributed by atoms with Gasteiger partial charge in [0.25, 0.3) is 11.4 Å². The zero-order chi connectivity index (χ0) is 26.7. The highest BCUT2D eigenvalue weighted by molar-refractivity contribution is 7.89. The van der Waals surface area contributed by atoms with Crippen LogP contribution in [0.4, 0.5) is 11.4 Å². The molecule has 9 nitrogen and oxygen atoms in total. The minimum absolute atomic E-state index is 0.0644. The quantitative estimate of drug-likeness (QED) is 0.230. The second-order valence-electron chi connectivity index (χ2n) is 8.48. The number of non-ortho nitro benzene ring substituents is 1. The van der Waals surface area contributed by atoms with E-state index < -0.39 is 36.5 Å².